The van der Waals surface area contributed by atoms with Crippen molar-refractivity contribution in [2.45, 2.75) is 0 Å². The first-order valence-electron chi connectivity index (χ1n) is 20.2. The molecule has 12 rings (SSSR count). The average Bonchev–Trinajstić information content (AvgIpc) is 3.86. The quantitative estimate of drug-likeness (QED) is 0.153. The van der Waals surface area contributed by atoms with Crippen LogP contribution in [-0.2, 0) is 0 Å². The average molecular weight is 769 g/mol. The summed E-state index contributed by atoms with van der Waals surface area (Å²) in [7, 11) is 0. The van der Waals surface area contributed by atoms with Crippen LogP contribution in [-0.4, -0.2) is 4.57 Å². The van der Waals surface area contributed by atoms with Crippen molar-refractivity contribution >= 4 is 91.9 Å². The molecule has 0 spiro atoms. The van der Waals surface area contributed by atoms with Crippen LogP contribution in [0.4, 0.5) is 17.1 Å². The smallest absolute Gasteiger partial charge is 0.0625 e. The maximum atomic E-state index is 2.46. The van der Waals surface area contributed by atoms with Gasteiger partial charge in [0.2, 0.25) is 0 Å². The molecule has 0 radical (unpaired) electrons. The number of fused-ring (bicyclic) bond motifs is 11. The minimum absolute atomic E-state index is 1.11. The highest BCUT2D eigenvalue weighted by atomic mass is 32.1. The van der Waals surface area contributed by atoms with Crippen molar-refractivity contribution in [1.82, 2.24) is 4.57 Å². The Labute approximate surface area is 346 Å². The van der Waals surface area contributed by atoms with Crippen molar-refractivity contribution in [1.29, 1.82) is 0 Å². The zero-order chi connectivity index (χ0) is 38.9. The van der Waals surface area contributed by atoms with Gasteiger partial charge in [0.1, 0.15) is 0 Å². The Hall–Kier alpha value is -7.46. The molecule has 2 heterocycles. The normalized spacial score (nSPS) is 11.7. The first-order chi connectivity index (χ1) is 29.3. The van der Waals surface area contributed by atoms with Crippen molar-refractivity contribution in [2.24, 2.45) is 0 Å². The molecule has 0 unspecified atom stereocenters. The van der Waals surface area contributed by atoms with Gasteiger partial charge in [-0.1, -0.05) is 158 Å². The van der Waals surface area contributed by atoms with E-state index in [0.29, 0.717) is 0 Å². The van der Waals surface area contributed by atoms with Gasteiger partial charge in [-0.2, -0.15) is 0 Å². The monoisotopic (exact) mass is 768 g/mol. The van der Waals surface area contributed by atoms with Crippen LogP contribution in [0.2, 0.25) is 0 Å². The number of nitrogens with zero attached hydrogens (tertiary/aromatic N) is 2. The fourth-order valence-electron chi connectivity index (χ4n) is 9.26. The van der Waals surface area contributed by atoms with Crippen LogP contribution in [0, 0.1) is 0 Å². The SMILES string of the molecule is c1ccc(-c2cccc(N(c3ccc(-c4ccc(-n5c6ccccc6c6c7ccccc7c7ccccc7c65)cc4)cc3)c3ccc4c(c3)sc3ccccc34)c2)cc1. The molecule has 12 aromatic rings. The second-order valence-electron chi connectivity index (χ2n) is 15.3. The molecular formula is C56H36N2S. The number of rotatable bonds is 6. The highest BCUT2D eigenvalue weighted by Crippen LogP contribution is 2.44. The largest absolute Gasteiger partial charge is 0.310 e. The van der Waals surface area contributed by atoms with E-state index in [2.05, 4.69) is 228 Å². The predicted molar refractivity (Wildman–Crippen MR) is 254 cm³/mol. The van der Waals surface area contributed by atoms with Crippen LogP contribution in [0.5, 0.6) is 0 Å². The topological polar surface area (TPSA) is 8.17 Å². The van der Waals surface area contributed by atoms with E-state index in [4.69, 9.17) is 0 Å². The molecule has 10 aromatic carbocycles. The van der Waals surface area contributed by atoms with Gasteiger partial charge in [-0.15, -0.1) is 11.3 Å². The van der Waals surface area contributed by atoms with Crippen LogP contribution in [0.25, 0.3) is 91.5 Å². The van der Waals surface area contributed by atoms with E-state index < -0.39 is 0 Å². The number of aromatic nitrogens is 1. The second kappa shape index (κ2) is 13.6. The summed E-state index contributed by atoms with van der Waals surface area (Å²) in [5.41, 5.74) is 11.7. The summed E-state index contributed by atoms with van der Waals surface area (Å²) >= 11 is 1.86. The molecule has 0 bridgehead atoms. The van der Waals surface area contributed by atoms with Gasteiger partial charge < -0.3 is 9.47 Å². The van der Waals surface area contributed by atoms with Crippen molar-refractivity contribution in [3.63, 3.8) is 0 Å². The lowest BCUT2D eigenvalue weighted by atomic mass is 9.97. The molecule has 0 fully saturated rings. The lowest BCUT2D eigenvalue weighted by molar-refractivity contribution is 1.19. The molecule has 2 aromatic heterocycles. The third-order valence-corrected chi connectivity index (χ3v) is 13.1. The van der Waals surface area contributed by atoms with Gasteiger partial charge in [0.25, 0.3) is 0 Å². The molecule has 59 heavy (non-hydrogen) atoms. The fraction of sp³-hybridized carbons (Fsp3) is 0. The lowest BCUT2D eigenvalue weighted by Crippen LogP contribution is -2.09. The predicted octanol–water partition coefficient (Wildman–Crippen LogP) is 16.3. The van der Waals surface area contributed by atoms with Gasteiger partial charge in [-0.3, -0.25) is 0 Å². The zero-order valence-corrected chi connectivity index (χ0v) is 32.9. The van der Waals surface area contributed by atoms with Crippen LogP contribution >= 0.6 is 11.3 Å². The summed E-state index contributed by atoms with van der Waals surface area (Å²) < 4.78 is 5.06. The molecule has 0 aliphatic heterocycles. The molecule has 0 atom stereocenters. The Bertz CT molecular complexity index is 3540. The van der Waals surface area contributed by atoms with E-state index in [9.17, 15) is 0 Å². The lowest BCUT2D eigenvalue weighted by Gasteiger charge is -2.26. The van der Waals surface area contributed by atoms with Gasteiger partial charge in [0, 0.05) is 59.1 Å². The Kier molecular flexibility index (Phi) is 7.75. The zero-order valence-electron chi connectivity index (χ0n) is 32.1. The van der Waals surface area contributed by atoms with Gasteiger partial charge in [-0.25, -0.2) is 0 Å². The van der Waals surface area contributed by atoms with E-state index >= 15 is 0 Å². The summed E-state index contributed by atoms with van der Waals surface area (Å²) in [4.78, 5) is 2.39. The molecule has 0 aliphatic carbocycles. The van der Waals surface area contributed by atoms with Gasteiger partial charge in [0.05, 0.1) is 11.0 Å². The second-order valence-corrected chi connectivity index (χ2v) is 16.4. The standard InChI is InChI=1S/C56H36N2S/c1-2-13-37(14-3-1)40-15-12-16-43(35-40)57(44-33-34-48-47-19-9-11-24-53(47)59-54(48)36-44)41-29-25-38(26-30-41)39-27-31-42(32-28-39)58-52-23-10-8-22-51(52)55-49-20-6-4-17-45(49)46-18-5-7-21-50(46)56(55)58/h1-36H. The molecule has 2 nitrogen and oxygen atoms in total. The number of hydrogen-bond donors (Lipinski definition) is 0. The minimum Gasteiger partial charge on any atom is -0.310 e. The van der Waals surface area contributed by atoms with Crippen LogP contribution < -0.4 is 4.90 Å². The van der Waals surface area contributed by atoms with E-state index in [1.807, 2.05) is 11.3 Å². The molecule has 276 valence electrons. The van der Waals surface area contributed by atoms with Crippen LogP contribution in [0.1, 0.15) is 0 Å². The number of anilines is 3. The molecular weight excluding hydrogens is 733 g/mol. The molecule has 0 N–H and O–H groups in total. The van der Waals surface area contributed by atoms with Crippen LogP contribution in [0.3, 0.4) is 0 Å². The Balaban J connectivity index is 0.957. The summed E-state index contributed by atoms with van der Waals surface area (Å²) in [5.74, 6) is 0. The molecule has 0 aliphatic rings. The van der Waals surface area contributed by atoms with E-state index in [1.54, 1.807) is 0 Å². The number of thiophene rings is 1. The Morgan fingerprint density at radius 1 is 0.322 bits per heavy atom. The summed E-state index contributed by atoms with van der Waals surface area (Å²) in [6, 6.07) is 79.8. The number of benzene rings is 10. The van der Waals surface area contributed by atoms with E-state index in [0.717, 1.165) is 22.7 Å². The van der Waals surface area contributed by atoms with Crippen molar-refractivity contribution in [3.05, 3.63) is 218 Å². The van der Waals surface area contributed by atoms with Crippen molar-refractivity contribution in [3.8, 4) is 27.9 Å². The first-order valence-corrected chi connectivity index (χ1v) is 21.0. The summed E-state index contributed by atoms with van der Waals surface area (Å²) in [5, 5.41) is 10.3. The third-order valence-electron chi connectivity index (χ3n) is 12.0. The van der Waals surface area contributed by atoms with Gasteiger partial charge in [0.15, 0.2) is 0 Å². The van der Waals surface area contributed by atoms with Crippen LogP contribution in [0.15, 0.2) is 218 Å². The van der Waals surface area contributed by atoms with Crippen molar-refractivity contribution < 1.29 is 0 Å². The molecule has 3 heteroatoms. The number of hydrogen-bond acceptors (Lipinski definition) is 2. The minimum atomic E-state index is 1.11. The Morgan fingerprint density at radius 3 is 1.64 bits per heavy atom. The molecule has 0 amide bonds. The summed E-state index contributed by atoms with van der Waals surface area (Å²) in [6.45, 7) is 0. The van der Waals surface area contributed by atoms with Crippen molar-refractivity contribution in [2.75, 3.05) is 4.90 Å². The van der Waals surface area contributed by atoms with E-state index in [1.165, 1.54) is 85.8 Å². The van der Waals surface area contributed by atoms with Gasteiger partial charge in [-0.05, 0) is 99.1 Å². The third kappa shape index (κ3) is 5.47. The van der Waals surface area contributed by atoms with E-state index in [-0.39, 0.29) is 0 Å². The first kappa shape index (κ1) is 33.7. The maximum absolute atomic E-state index is 2.46. The molecule has 0 saturated heterocycles. The highest BCUT2D eigenvalue weighted by molar-refractivity contribution is 7.25. The fourth-order valence-corrected chi connectivity index (χ4v) is 10.4. The van der Waals surface area contributed by atoms with Gasteiger partial charge >= 0.3 is 0 Å². The maximum Gasteiger partial charge on any atom is 0.0625 e. The highest BCUT2D eigenvalue weighted by Gasteiger charge is 2.19. The number of para-hydroxylation sites is 1. The summed E-state index contributed by atoms with van der Waals surface area (Å²) in [6.07, 6.45) is 0. The Morgan fingerprint density at radius 2 is 0.864 bits per heavy atom. The molecule has 0 saturated carbocycles.